The van der Waals surface area contributed by atoms with Gasteiger partial charge in [0, 0.05) is 61.6 Å². The van der Waals surface area contributed by atoms with E-state index in [1.807, 2.05) is 91.3 Å². The average Bonchev–Trinajstić information content (AvgIpc) is 3.15. The molecule has 9 rings (SSSR count). The van der Waals surface area contributed by atoms with Gasteiger partial charge in [-0.25, -0.2) is 19.9 Å². The van der Waals surface area contributed by atoms with E-state index in [2.05, 4.69) is 54.6 Å². The molecule has 0 bridgehead atoms. The molecular weight excluding hydrogens is 564 g/mol. The molecular formula is C40H24N6. The van der Waals surface area contributed by atoms with Crippen LogP contribution in [0.25, 0.3) is 88.9 Å². The summed E-state index contributed by atoms with van der Waals surface area (Å²) in [6, 6.07) is 44.9. The number of aromatic nitrogens is 6. The Morgan fingerprint density at radius 3 is 1.37 bits per heavy atom. The van der Waals surface area contributed by atoms with Gasteiger partial charge in [-0.1, -0.05) is 115 Å². The maximum atomic E-state index is 5.25. The zero-order chi connectivity index (χ0) is 30.5. The Morgan fingerprint density at radius 2 is 0.783 bits per heavy atom. The molecule has 0 aliphatic rings. The monoisotopic (exact) mass is 588 g/mol. The molecule has 0 saturated carbocycles. The Hall–Kier alpha value is -6.40. The van der Waals surface area contributed by atoms with Crippen LogP contribution in [0.2, 0.25) is 0 Å². The van der Waals surface area contributed by atoms with Crippen LogP contribution in [0.15, 0.2) is 146 Å². The van der Waals surface area contributed by atoms with Gasteiger partial charge in [-0.05, 0) is 18.2 Å². The van der Waals surface area contributed by atoms with Gasteiger partial charge in [-0.2, -0.15) is 0 Å². The number of hydrogen-bond acceptors (Lipinski definition) is 6. The SMILES string of the molecule is c1ccc(-c2nc(-c3ccccc3)nc(-c3ccc(-c4nc5ccccc5c5c6cccnc6c6ncccc6c45)cc3)n2)cc1. The average molecular weight is 589 g/mol. The number of rotatable bonds is 4. The molecule has 4 aromatic heterocycles. The van der Waals surface area contributed by atoms with Crippen LogP contribution in [-0.4, -0.2) is 29.9 Å². The van der Waals surface area contributed by atoms with Crippen molar-refractivity contribution in [1.82, 2.24) is 29.9 Å². The highest BCUT2D eigenvalue weighted by Crippen LogP contribution is 2.41. The lowest BCUT2D eigenvalue weighted by Crippen LogP contribution is -2.00. The number of nitrogens with zero attached hydrogens (tertiary/aromatic N) is 6. The van der Waals surface area contributed by atoms with E-state index in [0.29, 0.717) is 17.5 Å². The van der Waals surface area contributed by atoms with E-state index in [9.17, 15) is 0 Å². The molecule has 4 heterocycles. The second-order valence-corrected chi connectivity index (χ2v) is 11.1. The van der Waals surface area contributed by atoms with Crippen molar-refractivity contribution in [1.29, 1.82) is 0 Å². The smallest absolute Gasteiger partial charge is 0.164 e. The first-order chi connectivity index (χ1) is 22.8. The van der Waals surface area contributed by atoms with E-state index < -0.39 is 0 Å². The minimum absolute atomic E-state index is 0.613. The van der Waals surface area contributed by atoms with Crippen molar-refractivity contribution in [3.05, 3.63) is 146 Å². The molecule has 0 aliphatic heterocycles. The number of fused-ring (bicyclic) bond motifs is 8. The van der Waals surface area contributed by atoms with Gasteiger partial charge in [-0.3, -0.25) is 9.97 Å². The lowest BCUT2D eigenvalue weighted by atomic mass is 9.93. The lowest BCUT2D eigenvalue weighted by molar-refractivity contribution is 1.07. The minimum Gasteiger partial charge on any atom is -0.254 e. The van der Waals surface area contributed by atoms with Crippen LogP contribution in [0.3, 0.4) is 0 Å². The first-order valence-corrected chi connectivity index (χ1v) is 15.1. The van der Waals surface area contributed by atoms with Crippen molar-refractivity contribution < 1.29 is 0 Å². The van der Waals surface area contributed by atoms with Crippen LogP contribution in [0, 0.1) is 0 Å². The molecule has 0 fully saturated rings. The Bertz CT molecular complexity index is 2510. The third-order valence-corrected chi connectivity index (χ3v) is 8.39. The molecule has 46 heavy (non-hydrogen) atoms. The third kappa shape index (κ3) is 4.27. The van der Waals surface area contributed by atoms with Crippen molar-refractivity contribution in [3.8, 4) is 45.4 Å². The molecule has 6 nitrogen and oxygen atoms in total. The van der Waals surface area contributed by atoms with Crippen molar-refractivity contribution >= 4 is 43.5 Å². The normalized spacial score (nSPS) is 11.5. The summed E-state index contributed by atoms with van der Waals surface area (Å²) in [5.74, 6) is 1.88. The third-order valence-electron chi connectivity index (χ3n) is 8.39. The van der Waals surface area contributed by atoms with Gasteiger partial charge < -0.3 is 0 Å². The van der Waals surface area contributed by atoms with E-state index in [-0.39, 0.29) is 0 Å². The summed E-state index contributed by atoms with van der Waals surface area (Å²) in [6.45, 7) is 0. The molecule has 0 saturated heterocycles. The van der Waals surface area contributed by atoms with Gasteiger partial charge in [0.2, 0.25) is 0 Å². The molecule has 0 spiro atoms. The van der Waals surface area contributed by atoms with Crippen molar-refractivity contribution in [2.24, 2.45) is 0 Å². The van der Waals surface area contributed by atoms with Gasteiger partial charge in [-0.15, -0.1) is 0 Å². The second kappa shape index (κ2) is 10.6. The Balaban J connectivity index is 1.26. The second-order valence-electron chi connectivity index (χ2n) is 11.1. The summed E-state index contributed by atoms with van der Waals surface area (Å²) in [7, 11) is 0. The molecule has 0 aliphatic carbocycles. The number of benzene rings is 5. The van der Waals surface area contributed by atoms with Gasteiger partial charge in [0.1, 0.15) is 0 Å². The zero-order valence-corrected chi connectivity index (χ0v) is 24.5. The van der Waals surface area contributed by atoms with E-state index in [1.165, 1.54) is 0 Å². The van der Waals surface area contributed by atoms with E-state index in [1.54, 1.807) is 0 Å². The predicted octanol–water partition coefficient (Wildman–Crippen LogP) is 9.34. The first-order valence-electron chi connectivity index (χ1n) is 15.1. The molecule has 0 amide bonds. The fraction of sp³-hybridized carbons (Fsp3) is 0. The number of para-hydroxylation sites is 1. The van der Waals surface area contributed by atoms with Crippen LogP contribution in [0.1, 0.15) is 0 Å². The van der Waals surface area contributed by atoms with Gasteiger partial charge in [0.25, 0.3) is 0 Å². The van der Waals surface area contributed by atoms with Crippen molar-refractivity contribution in [2.45, 2.75) is 0 Å². The van der Waals surface area contributed by atoms with Gasteiger partial charge in [0.05, 0.1) is 22.2 Å². The highest BCUT2D eigenvalue weighted by Gasteiger charge is 2.19. The summed E-state index contributed by atoms with van der Waals surface area (Å²) in [5.41, 5.74) is 7.35. The number of hydrogen-bond donors (Lipinski definition) is 0. The minimum atomic E-state index is 0.613. The Labute approximate surface area is 264 Å². The van der Waals surface area contributed by atoms with Gasteiger partial charge in [0.15, 0.2) is 17.5 Å². The van der Waals surface area contributed by atoms with Crippen LogP contribution in [-0.2, 0) is 0 Å². The van der Waals surface area contributed by atoms with E-state index >= 15 is 0 Å². The van der Waals surface area contributed by atoms with E-state index in [4.69, 9.17) is 29.9 Å². The quantitative estimate of drug-likeness (QED) is 0.191. The predicted molar refractivity (Wildman–Crippen MR) is 185 cm³/mol. The Morgan fingerprint density at radius 1 is 0.326 bits per heavy atom. The van der Waals surface area contributed by atoms with Crippen LogP contribution < -0.4 is 0 Å². The Kier molecular flexibility index (Phi) is 6.03. The standard InChI is InChI=1S/C40H24N6/c1-3-11-26(12-4-1)38-44-39(27-13-5-2-6-14-27)46-40(45-38)28-21-19-25(20-22-28)35-34-31-17-10-24-42-37(31)36-30(16-9-23-41-36)33(34)29-15-7-8-18-32(29)43-35/h1-24H. The maximum absolute atomic E-state index is 5.25. The largest absolute Gasteiger partial charge is 0.254 e. The zero-order valence-electron chi connectivity index (χ0n) is 24.5. The number of pyridine rings is 3. The first kappa shape index (κ1) is 26.0. The summed E-state index contributed by atoms with van der Waals surface area (Å²) in [6.07, 6.45) is 3.66. The van der Waals surface area contributed by atoms with Crippen LogP contribution >= 0.6 is 0 Å². The van der Waals surface area contributed by atoms with Crippen molar-refractivity contribution in [2.75, 3.05) is 0 Å². The molecule has 214 valence electrons. The maximum Gasteiger partial charge on any atom is 0.164 e. The van der Waals surface area contributed by atoms with Crippen LogP contribution in [0.4, 0.5) is 0 Å². The summed E-state index contributed by atoms with van der Waals surface area (Å²) in [5, 5.41) is 5.37. The highest BCUT2D eigenvalue weighted by atomic mass is 15.0. The molecule has 0 N–H and O–H groups in total. The molecule has 0 radical (unpaired) electrons. The molecule has 6 heteroatoms. The van der Waals surface area contributed by atoms with Crippen LogP contribution in [0.5, 0.6) is 0 Å². The molecule has 9 aromatic rings. The molecule has 5 aromatic carbocycles. The molecule has 0 unspecified atom stereocenters. The topological polar surface area (TPSA) is 77.3 Å². The lowest BCUT2D eigenvalue weighted by Gasteiger charge is -2.15. The summed E-state index contributed by atoms with van der Waals surface area (Å²) >= 11 is 0. The van der Waals surface area contributed by atoms with Gasteiger partial charge >= 0.3 is 0 Å². The van der Waals surface area contributed by atoms with E-state index in [0.717, 1.165) is 71.4 Å². The fourth-order valence-corrected chi connectivity index (χ4v) is 6.27. The summed E-state index contributed by atoms with van der Waals surface area (Å²) < 4.78 is 0. The summed E-state index contributed by atoms with van der Waals surface area (Å²) in [4.78, 5) is 29.5. The van der Waals surface area contributed by atoms with Crippen molar-refractivity contribution in [3.63, 3.8) is 0 Å². The fourth-order valence-electron chi connectivity index (χ4n) is 6.27. The molecule has 0 atom stereocenters. The highest BCUT2D eigenvalue weighted by molar-refractivity contribution is 6.32.